The molecule has 0 spiro atoms. The molecule has 2 aromatic carbocycles. The van der Waals surface area contributed by atoms with E-state index in [-0.39, 0.29) is 45.4 Å². The van der Waals surface area contributed by atoms with E-state index in [1.807, 2.05) is 18.2 Å². The number of ether oxygens (including phenoxy) is 1. The maximum Gasteiger partial charge on any atom is 0.270 e. The smallest absolute Gasteiger partial charge is 0.270 e. The van der Waals surface area contributed by atoms with Crippen LogP contribution < -0.4 is 16.2 Å². The summed E-state index contributed by atoms with van der Waals surface area (Å²) in [5.74, 6) is 0.505. The molecule has 152 valence electrons. The van der Waals surface area contributed by atoms with E-state index in [2.05, 4.69) is 30.7 Å². The predicted octanol–water partition coefficient (Wildman–Crippen LogP) is 4.18. The van der Waals surface area contributed by atoms with Gasteiger partial charge in [-0.25, -0.2) is 4.98 Å². The molecular weight excluding hydrogens is 384 g/mol. The van der Waals surface area contributed by atoms with Crippen molar-refractivity contribution >= 4 is 17.5 Å². The quantitative estimate of drug-likeness (QED) is 0.485. The molecule has 0 aliphatic heterocycles. The Morgan fingerprint density at radius 2 is 1.77 bits per heavy atom. The molecule has 0 unspecified atom stereocenters. The van der Waals surface area contributed by atoms with Crippen molar-refractivity contribution in [3.05, 3.63) is 63.7 Å². The van der Waals surface area contributed by atoms with E-state index >= 15 is 0 Å². The maximum absolute atomic E-state index is 11.3. The van der Waals surface area contributed by atoms with Crippen molar-refractivity contribution in [3.63, 3.8) is 0 Å². The van der Waals surface area contributed by atoms with Crippen molar-refractivity contribution in [2.45, 2.75) is 26.2 Å². The average molecular weight is 404 g/mol. The third-order valence-corrected chi connectivity index (χ3v) is 4.44. The topological polar surface area (TPSA) is 154 Å². The normalized spacial score (nSPS) is 11.0. The van der Waals surface area contributed by atoms with Crippen LogP contribution in [-0.4, -0.2) is 14.9 Å². The SMILES string of the molecule is CC(C)(C)c1ccc(Oc2ccc([N+](=O)[O-])cc2-c2nc(N)nc(N)c2C#N)cc1. The first-order valence-electron chi connectivity index (χ1n) is 9.00. The Bertz CT molecular complexity index is 1160. The Labute approximate surface area is 173 Å². The predicted molar refractivity (Wildman–Crippen MR) is 113 cm³/mol. The van der Waals surface area contributed by atoms with Gasteiger partial charge in [0.1, 0.15) is 28.9 Å². The molecule has 1 heterocycles. The summed E-state index contributed by atoms with van der Waals surface area (Å²) in [7, 11) is 0. The molecule has 0 bridgehead atoms. The summed E-state index contributed by atoms with van der Waals surface area (Å²) < 4.78 is 5.97. The van der Waals surface area contributed by atoms with Gasteiger partial charge >= 0.3 is 0 Å². The highest BCUT2D eigenvalue weighted by Crippen LogP contribution is 2.38. The minimum Gasteiger partial charge on any atom is -0.457 e. The van der Waals surface area contributed by atoms with Crippen LogP contribution in [0.2, 0.25) is 0 Å². The minimum atomic E-state index is -0.550. The van der Waals surface area contributed by atoms with Crippen molar-refractivity contribution in [2.24, 2.45) is 0 Å². The van der Waals surface area contributed by atoms with Gasteiger partial charge in [0, 0.05) is 12.1 Å². The molecule has 4 N–H and O–H groups in total. The second-order valence-corrected chi connectivity index (χ2v) is 7.62. The van der Waals surface area contributed by atoms with Gasteiger partial charge in [-0.1, -0.05) is 32.9 Å². The highest BCUT2D eigenvalue weighted by molar-refractivity contribution is 5.79. The van der Waals surface area contributed by atoms with Gasteiger partial charge in [0.25, 0.3) is 5.69 Å². The second kappa shape index (κ2) is 7.67. The van der Waals surface area contributed by atoms with E-state index in [4.69, 9.17) is 16.2 Å². The van der Waals surface area contributed by atoms with E-state index in [1.54, 1.807) is 12.1 Å². The molecule has 0 fully saturated rings. The third kappa shape index (κ3) is 4.12. The zero-order valence-electron chi connectivity index (χ0n) is 16.7. The molecule has 0 atom stereocenters. The fourth-order valence-corrected chi connectivity index (χ4v) is 2.86. The zero-order chi connectivity index (χ0) is 22.1. The lowest BCUT2D eigenvalue weighted by Gasteiger charge is -2.19. The summed E-state index contributed by atoms with van der Waals surface area (Å²) in [6, 6.07) is 13.4. The molecule has 3 rings (SSSR count). The minimum absolute atomic E-state index is 0.0191. The Hall–Kier alpha value is -4.19. The van der Waals surface area contributed by atoms with Crippen LogP contribution in [0.5, 0.6) is 11.5 Å². The highest BCUT2D eigenvalue weighted by Gasteiger charge is 2.21. The van der Waals surface area contributed by atoms with Crippen LogP contribution in [0, 0.1) is 21.4 Å². The molecular formula is C21H20N6O3. The molecule has 0 aliphatic rings. The number of rotatable bonds is 4. The van der Waals surface area contributed by atoms with Crippen LogP contribution in [0.1, 0.15) is 31.9 Å². The molecule has 0 radical (unpaired) electrons. The lowest BCUT2D eigenvalue weighted by Crippen LogP contribution is -2.10. The Morgan fingerprint density at radius 1 is 1.10 bits per heavy atom. The molecule has 0 aliphatic carbocycles. The van der Waals surface area contributed by atoms with Gasteiger partial charge in [0.2, 0.25) is 5.95 Å². The van der Waals surface area contributed by atoms with E-state index in [1.165, 1.54) is 18.2 Å². The third-order valence-electron chi connectivity index (χ3n) is 4.44. The van der Waals surface area contributed by atoms with Crippen LogP contribution in [-0.2, 0) is 5.41 Å². The number of nitro groups is 1. The maximum atomic E-state index is 11.3. The number of nitro benzene ring substituents is 1. The van der Waals surface area contributed by atoms with Gasteiger partial charge in [-0.05, 0) is 29.2 Å². The number of anilines is 2. The number of hydrogen-bond donors (Lipinski definition) is 2. The van der Waals surface area contributed by atoms with Crippen LogP contribution >= 0.6 is 0 Å². The summed E-state index contributed by atoms with van der Waals surface area (Å²) in [5, 5.41) is 20.8. The van der Waals surface area contributed by atoms with Crippen molar-refractivity contribution in [2.75, 3.05) is 11.5 Å². The van der Waals surface area contributed by atoms with Crippen LogP contribution in [0.4, 0.5) is 17.5 Å². The van der Waals surface area contributed by atoms with Gasteiger partial charge in [-0.3, -0.25) is 10.1 Å². The number of aromatic nitrogens is 2. The lowest BCUT2D eigenvalue weighted by molar-refractivity contribution is -0.384. The van der Waals surface area contributed by atoms with Crippen LogP contribution in [0.15, 0.2) is 42.5 Å². The van der Waals surface area contributed by atoms with Gasteiger partial charge < -0.3 is 16.2 Å². The Morgan fingerprint density at radius 3 is 2.33 bits per heavy atom. The summed E-state index contributed by atoms with van der Waals surface area (Å²) in [4.78, 5) is 18.6. The number of nitrogen functional groups attached to an aromatic ring is 2. The van der Waals surface area contributed by atoms with Gasteiger partial charge in [-0.15, -0.1) is 0 Å². The monoisotopic (exact) mass is 404 g/mol. The van der Waals surface area contributed by atoms with Gasteiger partial charge in [-0.2, -0.15) is 10.2 Å². The average Bonchev–Trinajstić information content (AvgIpc) is 2.67. The van der Waals surface area contributed by atoms with Crippen LogP contribution in [0.3, 0.4) is 0 Å². The number of benzene rings is 2. The molecule has 9 nitrogen and oxygen atoms in total. The molecule has 0 amide bonds. The number of non-ortho nitro benzene ring substituents is 1. The second-order valence-electron chi connectivity index (χ2n) is 7.62. The number of nitriles is 1. The molecule has 9 heteroatoms. The molecule has 1 aromatic heterocycles. The number of nitrogens with two attached hydrogens (primary N) is 2. The fourth-order valence-electron chi connectivity index (χ4n) is 2.86. The summed E-state index contributed by atoms with van der Waals surface area (Å²) in [6.07, 6.45) is 0. The number of nitrogens with zero attached hydrogens (tertiary/aromatic N) is 4. The first-order chi connectivity index (χ1) is 14.1. The van der Waals surface area contributed by atoms with E-state index in [9.17, 15) is 15.4 Å². The summed E-state index contributed by atoms with van der Waals surface area (Å²) in [6.45, 7) is 6.31. The van der Waals surface area contributed by atoms with E-state index in [0.29, 0.717) is 5.75 Å². The summed E-state index contributed by atoms with van der Waals surface area (Å²) in [5.41, 5.74) is 12.6. The Kier molecular flexibility index (Phi) is 5.26. The highest BCUT2D eigenvalue weighted by atomic mass is 16.6. The van der Waals surface area contributed by atoms with E-state index < -0.39 is 4.92 Å². The Balaban J connectivity index is 2.13. The van der Waals surface area contributed by atoms with Gasteiger partial charge in [0.15, 0.2) is 0 Å². The molecule has 3 aromatic rings. The fraction of sp³-hybridized carbons (Fsp3) is 0.190. The molecule has 0 saturated heterocycles. The van der Waals surface area contributed by atoms with Crippen molar-refractivity contribution < 1.29 is 9.66 Å². The largest absolute Gasteiger partial charge is 0.457 e. The molecule has 0 saturated carbocycles. The lowest BCUT2D eigenvalue weighted by atomic mass is 9.87. The first kappa shape index (κ1) is 20.5. The molecule has 30 heavy (non-hydrogen) atoms. The van der Waals surface area contributed by atoms with Crippen molar-refractivity contribution in [1.29, 1.82) is 5.26 Å². The number of hydrogen-bond acceptors (Lipinski definition) is 8. The van der Waals surface area contributed by atoms with Gasteiger partial charge in [0.05, 0.1) is 16.2 Å². The van der Waals surface area contributed by atoms with E-state index in [0.717, 1.165) is 5.56 Å². The zero-order valence-corrected chi connectivity index (χ0v) is 16.7. The standard InChI is InChI=1S/C21H20N6O3/c1-21(2,3)12-4-7-14(8-5-12)30-17-9-6-13(27(28)29)10-15(17)18-16(11-22)19(23)26-20(24)25-18/h4-10H,1-3H3,(H4,23,24,25,26). The summed E-state index contributed by atoms with van der Waals surface area (Å²) >= 11 is 0. The van der Waals surface area contributed by atoms with Crippen molar-refractivity contribution in [3.8, 4) is 28.8 Å². The van der Waals surface area contributed by atoms with Crippen molar-refractivity contribution in [1.82, 2.24) is 9.97 Å². The first-order valence-corrected chi connectivity index (χ1v) is 9.00. The van der Waals surface area contributed by atoms with Crippen LogP contribution in [0.25, 0.3) is 11.3 Å².